The van der Waals surface area contributed by atoms with Crippen LogP contribution in [0.4, 0.5) is 5.69 Å². The van der Waals surface area contributed by atoms with Crippen molar-refractivity contribution in [1.82, 2.24) is 4.57 Å². The van der Waals surface area contributed by atoms with Crippen LogP contribution in [0.25, 0.3) is 32.3 Å². The average Bonchev–Trinajstić information content (AvgIpc) is 3.45. The number of rotatable bonds is 4. The van der Waals surface area contributed by atoms with Crippen LogP contribution in [0, 0.1) is 0 Å². The zero-order valence-electron chi connectivity index (χ0n) is 19.8. The second-order valence-corrected chi connectivity index (χ2v) is 9.32. The number of β-lactam (4-membered cyclic amide) rings is 1. The van der Waals surface area contributed by atoms with E-state index in [4.69, 9.17) is 4.74 Å². The Bertz CT molecular complexity index is 1750. The van der Waals surface area contributed by atoms with Gasteiger partial charge in [0, 0.05) is 17.8 Å². The number of carbonyl (C=O) groups excluding carboxylic acids is 1. The van der Waals surface area contributed by atoms with E-state index in [1.54, 1.807) is 7.11 Å². The van der Waals surface area contributed by atoms with Crippen molar-refractivity contribution in [3.8, 4) is 5.75 Å². The summed E-state index contributed by atoms with van der Waals surface area (Å²) in [7, 11) is 1.67. The molecule has 5 aromatic carbocycles. The van der Waals surface area contributed by atoms with E-state index in [0.29, 0.717) is 0 Å². The first-order chi connectivity index (χ1) is 17.7. The quantitative estimate of drug-likeness (QED) is 0.201. The maximum absolute atomic E-state index is 13.9. The predicted molar refractivity (Wildman–Crippen MR) is 146 cm³/mol. The van der Waals surface area contributed by atoms with E-state index < -0.39 is 0 Å². The Morgan fingerprint density at radius 3 is 2.06 bits per heavy atom. The summed E-state index contributed by atoms with van der Waals surface area (Å²) < 4.78 is 7.41. The van der Waals surface area contributed by atoms with E-state index in [9.17, 15) is 4.79 Å². The summed E-state index contributed by atoms with van der Waals surface area (Å²) >= 11 is 0. The van der Waals surface area contributed by atoms with Gasteiger partial charge in [0.05, 0.1) is 18.8 Å². The van der Waals surface area contributed by atoms with Crippen molar-refractivity contribution in [2.45, 2.75) is 12.1 Å². The molecule has 36 heavy (non-hydrogen) atoms. The summed E-state index contributed by atoms with van der Waals surface area (Å²) in [5.74, 6) is 0.896. The summed E-state index contributed by atoms with van der Waals surface area (Å²) in [6.07, 6.45) is 3.95. The highest BCUT2D eigenvalue weighted by molar-refractivity contribution is 6.23. The number of aromatic nitrogens is 1. The fourth-order valence-corrected chi connectivity index (χ4v) is 5.74. The number of hydrogen-bond donors (Lipinski definition) is 0. The number of benzene rings is 5. The van der Waals surface area contributed by atoms with Gasteiger partial charge in [-0.15, -0.1) is 0 Å². The van der Waals surface area contributed by atoms with Crippen LogP contribution in [0.2, 0.25) is 0 Å². The molecule has 0 aliphatic carbocycles. The molecule has 0 saturated carbocycles. The third-order valence-corrected chi connectivity index (χ3v) is 7.48. The minimum Gasteiger partial charge on any atom is -0.497 e. The van der Waals surface area contributed by atoms with Gasteiger partial charge in [-0.05, 0) is 62.8 Å². The average molecular weight is 469 g/mol. The van der Waals surface area contributed by atoms with Gasteiger partial charge < -0.3 is 9.30 Å². The van der Waals surface area contributed by atoms with Gasteiger partial charge in [0.2, 0.25) is 0 Å². The van der Waals surface area contributed by atoms with Gasteiger partial charge in [-0.25, -0.2) is 0 Å². The lowest BCUT2D eigenvalue weighted by Crippen LogP contribution is -2.55. The largest absolute Gasteiger partial charge is 0.497 e. The molecule has 174 valence electrons. The molecule has 2 atom stereocenters. The lowest BCUT2D eigenvalue weighted by atomic mass is 9.85. The number of amides is 1. The number of carbonyl (C=O) groups is 1. The Hall–Kier alpha value is -4.57. The molecule has 0 radical (unpaired) electrons. The Balaban J connectivity index is 1.49. The zero-order chi connectivity index (χ0) is 24.2. The van der Waals surface area contributed by atoms with Crippen molar-refractivity contribution in [2.75, 3.05) is 12.0 Å². The fraction of sp³-hybridized carbons (Fsp3) is 0.0938. The van der Waals surface area contributed by atoms with Crippen LogP contribution in [0.15, 0.2) is 116 Å². The molecule has 2 heterocycles. The predicted octanol–water partition coefficient (Wildman–Crippen LogP) is 7.29. The lowest BCUT2D eigenvalue weighted by Gasteiger charge is -2.48. The Morgan fingerprint density at radius 2 is 1.31 bits per heavy atom. The molecule has 0 unspecified atom stereocenters. The van der Waals surface area contributed by atoms with E-state index in [2.05, 4.69) is 78.9 Å². The molecular formula is C32H24N2O2. The van der Waals surface area contributed by atoms with Gasteiger partial charge in [0.1, 0.15) is 11.8 Å². The first kappa shape index (κ1) is 20.8. The molecule has 0 bridgehead atoms. The Morgan fingerprint density at radius 1 is 0.639 bits per heavy atom. The molecule has 1 saturated heterocycles. The fourth-order valence-electron chi connectivity index (χ4n) is 5.74. The van der Waals surface area contributed by atoms with Crippen molar-refractivity contribution < 1.29 is 9.53 Å². The monoisotopic (exact) mass is 468 g/mol. The second kappa shape index (κ2) is 7.99. The number of ether oxygens (including phenoxy) is 1. The highest BCUT2D eigenvalue weighted by Crippen LogP contribution is 2.50. The maximum Gasteiger partial charge on any atom is 0.253 e. The minimum absolute atomic E-state index is 0.0942. The van der Waals surface area contributed by atoms with E-state index >= 15 is 0 Å². The van der Waals surface area contributed by atoms with Crippen LogP contribution in [-0.4, -0.2) is 17.6 Å². The van der Waals surface area contributed by atoms with Crippen LogP contribution >= 0.6 is 0 Å². The minimum atomic E-state index is -0.296. The zero-order valence-corrected chi connectivity index (χ0v) is 19.8. The van der Waals surface area contributed by atoms with E-state index in [-0.39, 0.29) is 18.0 Å². The van der Waals surface area contributed by atoms with Gasteiger partial charge in [-0.1, -0.05) is 72.8 Å². The molecule has 1 fully saturated rings. The van der Waals surface area contributed by atoms with Gasteiger partial charge in [0.15, 0.2) is 0 Å². The van der Waals surface area contributed by atoms with Crippen LogP contribution in [0.5, 0.6) is 5.75 Å². The Kier molecular flexibility index (Phi) is 4.61. The number of anilines is 1. The van der Waals surface area contributed by atoms with Gasteiger partial charge in [-0.3, -0.25) is 9.69 Å². The van der Waals surface area contributed by atoms with Gasteiger partial charge in [0.25, 0.3) is 5.91 Å². The normalized spacial score (nSPS) is 17.6. The maximum atomic E-state index is 13.9. The van der Waals surface area contributed by atoms with Crippen molar-refractivity contribution in [3.63, 3.8) is 0 Å². The summed E-state index contributed by atoms with van der Waals surface area (Å²) in [6, 6.07) is 35.0. The first-order valence-electron chi connectivity index (χ1n) is 12.2. The van der Waals surface area contributed by atoms with Gasteiger partial charge >= 0.3 is 0 Å². The summed E-state index contributed by atoms with van der Waals surface area (Å²) in [4.78, 5) is 15.9. The molecule has 4 heteroatoms. The molecule has 6 aromatic rings. The van der Waals surface area contributed by atoms with Gasteiger partial charge in [-0.2, -0.15) is 0 Å². The first-order valence-corrected chi connectivity index (χ1v) is 12.2. The highest BCUT2D eigenvalue weighted by Gasteiger charge is 2.50. The molecule has 0 spiro atoms. The van der Waals surface area contributed by atoms with E-state index in [1.165, 1.54) is 16.2 Å². The highest BCUT2D eigenvalue weighted by atomic mass is 16.5. The number of hydrogen-bond acceptors (Lipinski definition) is 2. The molecule has 1 aliphatic rings. The topological polar surface area (TPSA) is 34.5 Å². The Labute approximate surface area is 208 Å². The third-order valence-electron chi connectivity index (χ3n) is 7.48. The van der Waals surface area contributed by atoms with Crippen LogP contribution < -0.4 is 9.64 Å². The summed E-state index contributed by atoms with van der Waals surface area (Å²) in [5, 5.41) is 6.98. The third kappa shape index (κ3) is 2.97. The molecule has 4 nitrogen and oxygen atoms in total. The smallest absolute Gasteiger partial charge is 0.253 e. The van der Waals surface area contributed by atoms with E-state index in [0.717, 1.165) is 33.2 Å². The number of nitrogens with zero attached hydrogens (tertiary/aromatic N) is 2. The molecule has 7 rings (SSSR count). The van der Waals surface area contributed by atoms with E-state index in [1.807, 2.05) is 46.1 Å². The standard InChI is InChI=1S/C32H24N2O2/c1-36-23-15-12-22(13-16-23)30-31(33-18-6-7-19-33)32(35)34(30)29-20-28-24-9-3-2-8-21(24)14-17-26(28)25-10-4-5-11-27(25)29/h2-20,30-31H,1H3/t30-,31-/m0/s1. The molecule has 0 N–H and O–H groups in total. The summed E-state index contributed by atoms with van der Waals surface area (Å²) in [5.41, 5.74) is 2.03. The van der Waals surface area contributed by atoms with Crippen LogP contribution in [0.1, 0.15) is 17.6 Å². The van der Waals surface area contributed by atoms with Crippen molar-refractivity contribution in [3.05, 3.63) is 121 Å². The molecule has 1 aliphatic heterocycles. The van der Waals surface area contributed by atoms with Crippen molar-refractivity contribution in [2.24, 2.45) is 0 Å². The SMILES string of the molecule is COc1ccc([C@H]2[C@H](n3cccc3)C(=O)N2c2cc3c4ccccc4ccc3c3ccccc23)cc1. The lowest BCUT2D eigenvalue weighted by molar-refractivity contribution is -0.129. The molecular weight excluding hydrogens is 444 g/mol. The summed E-state index contributed by atoms with van der Waals surface area (Å²) in [6.45, 7) is 0. The van der Waals surface area contributed by atoms with Crippen LogP contribution in [0.3, 0.4) is 0 Å². The molecule has 1 amide bonds. The van der Waals surface area contributed by atoms with Crippen LogP contribution in [-0.2, 0) is 4.79 Å². The number of fused-ring (bicyclic) bond motifs is 5. The number of methoxy groups -OCH3 is 1. The van der Waals surface area contributed by atoms with Crippen molar-refractivity contribution >= 4 is 43.9 Å². The second-order valence-electron chi connectivity index (χ2n) is 9.32. The molecule has 1 aromatic heterocycles. The van der Waals surface area contributed by atoms with Crippen molar-refractivity contribution in [1.29, 1.82) is 0 Å².